The van der Waals surface area contributed by atoms with Crippen LogP contribution >= 0.6 is 0 Å². The molecule has 1 aliphatic rings. The number of rotatable bonds is 0. The molecule has 106 valence electrons. The van der Waals surface area contributed by atoms with Crippen molar-refractivity contribution in [3.8, 4) is 0 Å². The Labute approximate surface area is 131 Å². The first kappa shape index (κ1) is 13.0. The minimum Gasteiger partial charge on any atom is -0.261 e. The molecular formula is C21H17N. The van der Waals surface area contributed by atoms with Crippen molar-refractivity contribution in [3.63, 3.8) is 0 Å². The molecule has 0 spiro atoms. The maximum Gasteiger partial charge on any atom is 0.0450 e. The predicted octanol–water partition coefficient (Wildman–Crippen LogP) is 4.75. The molecule has 0 saturated carbocycles. The first-order valence-electron chi connectivity index (χ1n) is 7.65. The lowest BCUT2D eigenvalue weighted by Crippen LogP contribution is -1.95. The SMILES string of the molecule is C1=Cc2cccc(c2)Cc2cc(ccn2)Cc2cccc1c2. The second-order valence-electron chi connectivity index (χ2n) is 5.83. The van der Waals surface area contributed by atoms with Crippen molar-refractivity contribution >= 4 is 12.2 Å². The summed E-state index contributed by atoms with van der Waals surface area (Å²) in [4.78, 5) is 4.53. The number of nitrogens with zero attached hydrogens (tertiary/aromatic N) is 1. The van der Waals surface area contributed by atoms with Crippen LogP contribution in [0.3, 0.4) is 0 Å². The monoisotopic (exact) mass is 283 g/mol. The van der Waals surface area contributed by atoms with Gasteiger partial charge >= 0.3 is 0 Å². The molecule has 22 heavy (non-hydrogen) atoms. The third-order valence-electron chi connectivity index (χ3n) is 4.04. The third kappa shape index (κ3) is 2.84. The summed E-state index contributed by atoms with van der Waals surface area (Å²) in [5.74, 6) is 0. The molecule has 0 N–H and O–H groups in total. The van der Waals surface area contributed by atoms with E-state index in [2.05, 4.69) is 77.8 Å². The van der Waals surface area contributed by atoms with Crippen LogP contribution in [0.15, 0.2) is 66.9 Å². The molecule has 0 radical (unpaired) electrons. The van der Waals surface area contributed by atoms with E-state index in [1.54, 1.807) is 0 Å². The van der Waals surface area contributed by atoms with Gasteiger partial charge in [-0.15, -0.1) is 0 Å². The van der Waals surface area contributed by atoms with Crippen LogP contribution in [0.4, 0.5) is 0 Å². The zero-order valence-electron chi connectivity index (χ0n) is 12.4. The van der Waals surface area contributed by atoms with E-state index in [1.807, 2.05) is 6.20 Å². The average molecular weight is 283 g/mol. The van der Waals surface area contributed by atoms with E-state index >= 15 is 0 Å². The van der Waals surface area contributed by atoms with E-state index in [0.717, 1.165) is 18.5 Å². The summed E-state index contributed by atoms with van der Waals surface area (Å²) in [5.41, 5.74) is 7.58. The van der Waals surface area contributed by atoms with Crippen molar-refractivity contribution < 1.29 is 0 Å². The topological polar surface area (TPSA) is 12.9 Å². The second kappa shape index (κ2) is 5.61. The van der Waals surface area contributed by atoms with E-state index in [4.69, 9.17) is 0 Å². The lowest BCUT2D eigenvalue weighted by Gasteiger charge is -2.06. The van der Waals surface area contributed by atoms with E-state index in [9.17, 15) is 0 Å². The number of aromatic nitrogens is 1. The highest BCUT2D eigenvalue weighted by Gasteiger charge is 2.03. The number of fused-ring (bicyclic) bond motifs is 6. The van der Waals surface area contributed by atoms with Gasteiger partial charge < -0.3 is 0 Å². The lowest BCUT2D eigenvalue weighted by atomic mass is 10.0. The molecule has 1 heterocycles. The summed E-state index contributed by atoms with van der Waals surface area (Å²) in [6, 6.07) is 21.8. The fourth-order valence-corrected chi connectivity index (χ4v) is 2.99. The van der Waals surface area contributed by atoms with Crippen molar-refractivity contribution in [3.05, 3.63) is 100 Å². The minimum absolute atomic E-state index is 0.882. The van der Waals surface area contributed by atoms with Crippen LogP contribution in [0.2, 0.25) is 0 Å². The van der Waals surface area contributed by atoms with Gasteiger partial charge in [0.15, 0.2) is 0 Å². The zero-order valence-corrected chi connectivity index (χ0v) is 12.4. The van der Waals surface area contributed by atoms with Crippen LogP contribution in [-0.4, -0.2) is 4.98 Å². The Kier molecular flexibility index (Phi) is 3.32. The molecule has 4 rings (SSSR count). The highest BCUT2D eigenvalue weighted by atomic mass is 14.7. The Morgan fingerprint density at radius 1 is 0.636 bits per heavy atom. The van der Waals surface area contributed by atoms with E-state index in [1.165, 1.54) is 27.8 Å². The van der Waals surface area contributed by atoms with Gasteiger partial charge in [0.25, 0.3) is 0 Å². The molecule has 1 aromatic heterocycles. The molecule has 0 aliphatic heterocycles. The smallest absolute Gasteiger partial charge is 0.0450 e. The summed E-state index contributed by atoms with van der Waals surface area (Å²) >= 11 is 0. The van der Waals surface area contributed by atoms with Crippen LogP contribution < -0.4 is 0 Å². The molecule has 1 nitrogen and oxygen atoms in total. The minimum atomic E-state index is 0.882. The number of benzene rings is 2. The maximum atomic E-state index is 4.53. The molecule has 6 bridgehead atoms. The maximum absolute atomic E-state index is 4.53. The quantitative estimate of drug-likeness (QED) is 0.454. The van der Waals surface area contributed by atoms with Crippen molar-refractivity contribution in [2.75, 3.05) is 0 Å². The molecule has 0 unspecified atom stereocenters. The van der Waals surface area contributed by atoms with Crippen LogP contribution in [0.25, 0.3) is 12.2 Å². The normalized spacial score (nSPS) is 12.9. The summed E-state index contributed by atoms with van der Waals surface area (Å²) in [6.07, 6.45) is 8.13. The lowest BCUT2D eigenvalue weighted by molar-refractivity contribution is 1.04. The Balaban J connectivity index is 1.87. The van der Waals surface area contributed by atoms with Gasteiger partial charge in [-0.1, -0.05) is 60.7 Å². The molecule has 0 amide bonds. The fourth-order valence-electron chi connectivity index (χ4n) is 2.99. The van der Waals surface area contributed by atoms with Gasteiger partial charge in [0, 0.05) is 18.3 Å². The van der Waals surface area contributed by atoms with E-state index < -0.39 is 0 Å². The molecular weight excluding hydrogens is 266 g/mol. The summed E-state index contributed by atoms with van der Waals surface area (Å²) in [6.45, 7) is 0. The number of pyridine rings is 1. The second-order valence-corrected chi connectivity index (χ2v) is 5.83. The Bertz CT molecular complexity index is 779. The fraction of sp³-hybridized carbons (Fsp3) is 0.0952. The van der Waals surface area contributed by atoms with E-state index in [0.29, 0.717) is 0 Å². The molecule has 0 atom stereocenters. The Morgan fingerprint density at radius 2 is 1.27 bits per heavy atom. The van der Waals surface area contributed by atoms with Gasteiger partial charge in [0.2, 0.25) is 0 Å². The van der Waals surface area contributed by atoms with Crippen molar-refractivity contribution in [1.29, 1.82) is 0 Å². The molecule has 1 heteroatoms. The zero-order chi connectivity index (χ0) is 14.8. The number of hydrogen-bond acceptors (Lipinski definition) is 1. The van der Waals surface area contributed by atoms with Crippen LogP contribution in [0.5, 0.6) is 0 Å². The van der Waals surface area contributed by atoms with E-state index in [-0.39, 0.29) is 0 Å². The highest BCUT2D eigenvalue weighted by Crippen LogP contribution is 2.18. The third-order valence-corrected chi connectivity index (χ3v) is 4.04. The Hall–Kier alpha value is -2.67. The standard InChI is InChI=1S/C21H17N/c1-3-16-7-8-17-4-2-6-19(12-17)14-21-15-20(9-10-22-21)13-18(5-1)11-16/h1-12,15H,13-14H2. The van der Waals surface area contributed by atoms with Gasteiger partial charge in [-0.2, -0.15) is 0 Å². The van der Waals surface area contributed by atoms with Crippen LogP contribution in [0.1, 0.15) is 33.5 Å². The number of hydrogen-bond donors (Lipinski definition) is 0. The Morgan fingerprint density at radius 3 is 2.00 bits per heavy atom. The molecule has 2 aromatic carbocycles. The first-order valence-corrected chi connectivity index (χ1v) is 7.65. The van der Waals surface area contributed by atoms with Crippen LogP contribution in [-0.2, 0) is 12.8 Å². The highest BCUT2D eigenvalue weighted by molar-refractivity contribution is 5.70. The summed E-state index contributed by atoms with van der Waals surface area (Å²) in [5, 5.41) is 0. The summed E-state index contributed by atoms with van der Waals surface area (Å²) < 4.78 is 0. The average Bonchev–Trinajstić information content (AvgIpc) is 2.54. The van der Waals surface area contributed by atoms with Crippen molar-refractivity contribution in [1.82, 2.24) is 4.98 Å². The molecule has 3 aromatic rings. The molecule has 0 saturated heterocycles. The van der Waals surface area contributed by atoms with Crippen LogP contribution in [0, 0.1) is 0 Å². The van der Waals surface area contributed by atoms with Gasteiger partial charge in [-0.3, -0.25) is 4.98 Å². The predicted molar refractivity (Wildman–Crippen MR) is 91.7 cm³/mol. The molecule has 1 aliphatic carbocycles. The van der Waals surface area contributed by atoms with Crippen molar-refractivity contribution in [2.24, 2.45) is 0 Å². The van der Waals surface area contributed by atoms with Gasteiger partial charge in [-0.05, 0) is 46.4 Å². The van der Waals surface area contributed by atoms with Crippen molar-refractivity contribution in [2.45, 2.75) is 12.8 Å². The van der Waals surface area contributed by atoms with Gasteiger partial charge in [-0.25, -0.2) is 0 Å². The largest absolute Gasteiger partial charge is 0.261 e. The summed E-state index contributed by atoms with van der Waals surface area (Å²) in [7, 11) is 0. The van der Waals surface area contributed by atoms with Gasteiger partial charge in [0.1, 0.15) is 0 Å². The first-order chi connectivity index (χ1) is 10.8. The molecule has 0 fully saturated rings. The van der Waals surface area contributed by atoms with Gasteiger partial charge in [0.05, 0.1) is 0 Å².